The SMILES string of the molecule is Cc1c(C(=O)N[C@H]2CCc3nccn3C2)sc2cccc(F)c12. The van der Waals surface area contributed by atoms with Crippen molar-refractivity contribution in [2.75, 3.05) is 0 Å². The number of halogens is 1. The van der Waals surface area contributed by atoms with Gasteiger partial charge in [0.1, 0.15) is 11.6 Å². The van der Waals surface area contributed by atoms with Gasteiger partial charge in [0.15, 0.2) is 0 Å². The molecule has 0 bridgehead atoms. The zero-order chi connectivity index (χ0) is 16.0. The Kier molecular flexibility index (Phi) is 3.41. The summed E-state index contributed by atoms with van der Waals surface area (Å²) in [5.41, 5.74) is 0.722. The minimum absolute atomic E-state index is 0.0821. The lowest BCUT2D eigenvalue weighted by Gasteiger charge is -2.24. The molecule has 1 aliphatic heterocycles. The Bertz CT molecular complexity index is 899. The van der Waals surface area contributed by atoms with E-state index in [-0.39, 0.29) is 17.8 Å². The molecule has 1 N–H and O–H groups in total. The number of hydrogen-bond donors (Lipinski definition) is 1. The molecule has 0 spiro atoms. The Labute approximate surface area is 137 Å². The number of rotatable bonds is 2. The van der Waals surface area contributed by atoms with Crippen molar-refractivity contribution in [2.24, 2.45) is 0 Å². The molecule has 23 heavy (non-hydrogen) atoms. The van der Waals surface area contributed by atoms with E-state index in [9.17, 15) is 9.18 Å². The van der Waals surface area contributed by atoms with Gasteiger partial charge in [-0.2, -0.15) is 0 Å². The standard InChI is InChI=1S/C17H16FN3OS/c1-10-15-12(18)3-2-4-13(15)23-16(10)17(22)20-11-5-6-14-19-7-8-21(14)9-11/h2-4,7-8,11H,5-6,9H2,1H3,(H,20,22)/t11-/m0/s1. The molecule has 2 aromatic heterocycles. The maximum absolute atomic E-state index is 14.0. The Morgan fingerprint density at radius 1 is 1.48 bits per heavy atom. The molecule has 4 nitrogen and oxygen atoms in total. The molecule has 0 saturated carbocycles. The van der Waals surface area contributed by atoms with E-state index in [4.69, 9.17) is 0 Å². The Balaban J connectivity index is 1.58. The molecule has 0 fully saturated rings. The van der Waals surface area contributed by atoms with Crippen molar-refractivity contribution in [2.45, 2.75) is 32.4 Å². The summed E-state index contributed by atoms with van der Waals surface area (Å²) >= 11 is 1.35. The van der Waals surface area contributed by atoms with E-state index in [2.05, 4.69) is 14.9 Å². The number of aryl methyl sites for hydroxylation is 2. The van der Waals surface area contributed by atoms with Crippen LogP contribution >= 0.6 is 11.3 Å². The molecule has 6 heteroatoms. The van der Waals surface area contributed by atoms with Crippen molar-refractivity contribution < 1.29 is 9.18 Å². The van der Waals surface area contributed by atoms with Crippen molar-refractivity contribution in [1.29, 1.82) is 0 Å². The van der Waals surface area contributed by atoms with E-state index in [1.54, 1.807) is 12.3 Å². The summed E-state index contributed by atoms with van der Waals surface area (Å²) in [4.78, 5) is 17.5. The number of nitrogens with one attached hydrogen (secondary N) is 1. The third kappa shape index (κ3) is 2.43. The minimum Gasteiger partial charge on any atom is -0.347 e. The zero-order valence-electron chi connectivity index (χ0n) is 12.7. The number of aromatic nitrogens is 2. The summed E-state index contributed by atoms with van der Waals surface area (Å²) in [6.07, 6.45) is 5.46. The Morgan fingerprint density at radius 3 is 3.17 bits per heavy atom. The molecule has 1 atom stereocenters. The lowest BCUT2D eigenvalue weighted by atomic mass is 10.1. The average molecular weight is 329 g/mol. The van der Waals surface area contributed by atoms with Gasteiger partial charge >= 0.3 is 0 Å². The monoisotopic (exact) mass is 329 g/mol. The summed E-state index contributed by atoms with van der Waals surface area (Å²) in [5, 5.41) is 3.65. The van der Waals surface area contributed by atoms with Gasteiger partial charge in [-0.25, -0.2) is 9.37 Å². The molecule has 118 valence electrons. The van der Waals surface area contributed by atoms with Crippen LogP contribution in [0.15, 0.2) is 30.6 Å². The highest BCUT2D eigenvalue weighted by molar-refractivity contribution is 7.21. The molecule has 3 heterocycles. The predicted octanol–water partition coefficient (Wildman–Crippen LogP) is 3.29. The number of hydrogen-bond acceptors (Lipinski definition) is 3. The van der Waals surface area contributed by atoms with Crippen LogP contribution in [0.5, 0.6) is 0 Å². The number of fused-ring (bicyclic) bond motifs is 2. The molecule has 0 unspecified atom stereocenters. The van der Waals surface area contributed by atoms with Crippen LogP contribution in [-0.2, 0) is 13.0 Å². The molecular formula is C17H16FN3OS. The van der Waals surface area contributed by atoms with Gasteiger partial charge in [0.2, 0.25) is 0 Å². The van der Waals surface area contributed by atoms with E-state index in [0.29, 0.717) is 10.3 Å². The highest BCUT2D eigenvalue weighted by atomic mass is 32.1. The fourth-order valence-electron chi connectivity index (χ4n) is 3.21. The van der Waals surface area contributed by atoms with Gasteiger partial charge < -0.3 is 9.88 Å². The van der Waals surface area contributed by atoms with Crippen molar-refractivity contribution in [1.82, 2.24) is 14.9 Å². The van der Waals surface area contributed by atoms with Gasteiger partial charge in [0.05, 0.1) is 4.88 Å². The largest absolute Gasteiger partial charge is 0.347 e. The number of imidazole rings is 1. The molecule has 3 aromatic rings. The Hall–Kier alpha value is -2.21. The first-order valence-corrected chi connectivity index (χ1v) is 8.43. The summed E-state index contributed by atoms with van der Waals surface area (Å²) in [6.45, 7) is 2.55. The van der Waals surface area contributed by atoms with Crippen LogP contribution in [0.4, 0.5) is 4.39 Å². The van der Waals surface area contributed by atoms with Gasteiger partial charge in [-0.1, -0.05) is 6.07 Å². The average Bonchev–Trinajstić information content (AvgIpc) is 3.12. The van der Waals surface area contributed by atoms with Crippen LogP contribution in [0.1, 0.15) is 27.5 Å². The molecule has 0 radical (unpaired) electrons. The predicted molar refractivity (Wildman–Crippen MR) is 88.3 cm³/mol. The minimum atomic E-state index is -0.268. The van der Waals surface area contributed by atoms with Crippen LogP contribution < -0.4 is 5.32 Å². The first-order chi connectivity index (χ1) is 11.1. The van der Waals surface area contributed by atoms with Crippen molar-refractivity contribution in [3.8, 4) is 0 Å². The Morgan fingerprint density at radius 2 is 2.35 bits per heavy atom. The summed E-state index contributed by atoms with van der Waals surface area (Å²) in [6, 6.07) is 5.05. The van der Waals surface area contributed by atoms with E-state index >= 15 is 0 Å². The van der Waals surface area contributed by atoms with E-state index in [1.807, 2.05) is 19.2 Å². The normalized spacial score (nSPS) is 17.2. The van der Waals surface area contributed by atoms with Gasteiger partial charge in [0, 0.05) is 41.5 Å². The van der Waals surface area contributed by atoms with Gasteiger partial charge in [0.25, 0.3) is 5.91 Å². The second kappa shape index (κ2) is 5.45. The highest BCUT2D eigenvalue weighted by Gasteiger charge is 2.23. The lowest BCUT2D eigenvalue weighted by Crippen LogP contribution is -2.40. The van der Waals surface area contributed by atoms with Crippen molar-refractivity contribution >= 4 is 27.3 Å². The lowest BCUT2D eigenvalue weighted by molar-refractivity contribution is 0.0931. The maximum Gasteiger partial charge on any atom is 0.261 e. The summed E-state index contributed by atoms with van der Waals surface area (Å²) < 4.78 is 16.9. The molecular weight excluding hydrogens is 313 g/mol. The topological polar surface area (TPSA) is 46.9 Å². The van der Waals surface area contributed by atoms with Crippen LogP contribution in [0, 0.1) is 12.7 Å². The van der Waals surface area contributed by atoms with Crippen molar-refractivity contribution in [3.05, 3.63) is 52.7 Å². The van der Waals surface area contributed by atoms with E-state index < -0.39 is 0 Å². The van der Waals surface area contributed by atoms with Crippen LogP contribution in [0.25, 0.3) is 10.1 Å². The number of nitrogens with zero attached hydrogens (tertiary/aromatic N) is 2. The third-order valence-electron chi connectivity index (χ3n) is 4.38. The number of carbonyl (C=O) groups excluding carboxylic acids is 1. The number of benzene rings is 1. The van der Waals surface area contributed by atoms with Gasteiger partial charge in [-0.05, 0) is 31.0 Å². The second-order valence-corrected chi connectivity index (χ2v) is 6.93. The second-order valence-electron chi connectivity index (χ2n) is 5.87. The van der Waals surface area contributed by atoms with Gasteiger partial charge in [-0.3, -0.25) is 4.79 Å². The summed E-state index contributed by atoms with van der Waals surface area (Å²) in [7, 11) is 0. The number of amides is 1. The molecule has 0 saturated heterocycles. The number of thiophene rings is 1. The highest BCUT2D eigenvalue weighted by Crippen LogP contribution is 2.32. The van der Waals surface area contributed by atoms with Crippen molar-refractivity contribution in [3.63, 3.8) is 0 Å². The maximum atomic E-state index is 14.0. The van der Waals surface area contributed by atoms with E-state index in [0.717, 1.165) is 35.5 Å². The number of carbonyl (C=O) groups is 1. The quantitative estimate of drug-likeness (QED) is 0.784. The summed E-state index contributed by atoms with van der Waals surface area (Å²) in [5.74, 6) is 0.684. The van der Waals surface area contributed by atoms with Crippen LogP contribution in [0.2, 0.25) is 0 Å². The fourth-order valence-corrected chi connectivity index (χ4v) is 4.33. The molecule has 4 rings (SSSR count). The van der Waals surface area contributed by atoms with Crippen LogP contribution in [0.3, 0.4) is 0 Å². The fraction of sp³-hybridized carbons (Fsp3) is 0.294. The third-order valence-corrected chi connectivity index (χ3v) is 5.64. The zero-order valence-corrected chi connectivity index (χ0v) is 13.5. The molecule has 1 aromatic carbocycles. The van der Waals surface area contributed by atoms with Gasteiger partial charge in [-0.15, -0.1) is 11.3 Å². The first kappa shape index (κ1) is 14.4. The van der Waals surface area contributed by atoms with E-state index in [1.165, 1.54) is 17.4 Å². The first-order valence-electron chi connectivity index (χ1n) is 7.62. The van der Waals surface area contributed by atoms with Crippen LogP contribution in [-0.4, -0.2) is 21.5 Å². The molecule has 1 amide bonds. The smallest absolute Gasteiger partial charge is 0.261 e. The molecule has 1 aliphatic rings. The molecule has 0 aliphatic carbocycles.